The summed E-state index contributed by atoms with van der Waals surface area (Å²) in [6, 6.07) is 5.79. The molecule has 0 radical (unpaired) electrons. The fraction of sp³-hybridized carbons (Fsp3) is 0.533. The minimum absolute atomic E-state index is 0.0668. The summed E-state index contributed by atoms with van der Waals surface area (Å²) in [6.45, 7) is 7.09. The minimum Gasteiger partial charge on any atom is -0.495 e. The van der Waals surface area contributed by atoms with Crippen LogP contribution >= 0.6 is 11.6 Å². The SMILES string of the molecule is COc1cc(N2CCN(C(=O)C(C)C)CC2)ccc1Cl. The summed E-state index contributed by atoms with van der Waals surface area (Å²) in [6.07, 6.45) is 0. The van der Waals surface area contributed by atoms with Crippen LogP contribution in [0.2, 0.25) is 5.02 Å². The Balaban J connectivity index is 2.02. The number of carbonyl (C=O) groups is 1. The third-order valence-corrected chi connectivity index (χ3v) is 3.90. The van der Waals surface area contributed by atoms with Crippen molar-refractivity contribution >= 4 is 23.2 Å². The van der Waals surface area contributed by atoms with Crippen molar-refractivity contribution in [3.63, 3.8) is 0 Å². The lowest BCUT2D eigenvalue weighted by Crippen LogP contribution is -2.49. The van der Waals surface area contributed by atoms with Gasteiger partial charge in [0.25, 0.3) is 0 Å². The molecule has 20 heavy (non-hydrogen) atoms. The van der Waals surface area contributed by atoms with Crippen molar-refractivity contribution in [3.05, 3.63) is 23.2 Å². The quantitative estimate of drug-likeness (QED) is 0.860. The van der Waals surface area contributed by atoms with Crippen molar-refractivity contribution in [2.24, 2.45) is 5.92 Å². The fourth-order valence-corrected chi connectivity index (χ4v) is 2.59. The van der Waals surface area contributed by atoms with Gasteiger partial charge in [-0.15, -0.1) is 0 Å². The third-order valence-electron chi connectivity index (χ3n) is 3.59. The number of nitrogens with zero attached hydrogens (tertiary/aromatic N) is 2. The monoisotopic (exact) mass is 296 g/mol. The Morgan fingerprint density at radius 1 is 1.25 bits per heavy atom. The van der Waals surface area contributed by atoms with E-state index in [-0.39, 0.29) is 11.8 Å². The highest BCUT2D eigenvalue weighted by atomic mass is 35.5. The first-order valence-electron chi connectivity index (χ1n) is 6.90. The van der Waals surface area contributed by atoms with Gasteiger partial charge in [-0.1, -0.05) is 25.4 Å². The van der Waals surface area contributed by atoms with Crippen LogP contribution in [0.1, 0.15) is 13.8 Å². The maximum absolute atomic E-state index is 12.0. The molecule has 1 fully saturated rings. The van der Waals surface area contributed by atoms with Gasteiger partial charge < -0.3 is 14.5 Å². The van der Waals surface area contributed by atoms with Gasteiger partial charge in [-0.25, -0.2) is 0 Å². The lowest BCUT2D eigenvalue weighted by atomic mass is 10.1. The largest absolute Gasteiger partial charge is 0.495 e. The Morgan fingerprint density at radius 2 is 1.90 bits per heavy atom. The Morgan fingerprint density at radius 3 is 2.45 bits per heavy atom. The van der Waals surface area contributed by atoms with Crippen molar-refractivity contribution in [1.82, 2.24) is 4.90 Å². The minimum atomic E-state index is 0.0668. The lowest BCUT2D eigenvalue weighted by Gasteiger charge is -2.37. The van der Waals surface area contributed by atoms with E-state index in [0.29, 0.717) is 10.8 Å². The zero-order valence-electron chi connectivity index (χ0n) is 12.2. The standard InChI is InChI=1S/C15H21ClN2O2/c1-11(2)15(19)18-8-6-17(7-9-18)12-4-5-13(16)14(10-12)20-3/h4-5,10-11H,6-9H2,1-3H3. The first-order chi connectivity index (χ1) is 9.52. The zero-order chi connectivity index (χ0) is 14.7. The normalized spacial score (nSPS) is 15.7. The zero-order valence-corrected chi connectivity index (χ0v) is 13.0. The summed E-state index contributed by atoms with van der Waals surface area (Å²) in [5, 5.41) is 0.616. The molecule has 110 valence electrons. The Kier molecular flexibility index (Phi) is 4.76. The van der Waals surface area contributed by atoms with Crippen LogP contribution in [-0.4, -0.2) is 44.1 Å². The first kappa shape index (κ1) is 15.0. The molecule has 0 atom stereocenters. The van der Waals surface area contributed by atoms with E-state index in [9.17, 15) is 4.79 Å². The van der Waals surface area contributed by atoms with Crippen LogP contribution < -0.4 is 9.64 Å². The van der Waals surface area contributed by atoms with Gasteiger partial charge in [0.1, 0.15) is 5.75 Å². The molecule has 0 bridgehead atoms. The van der Waals surface area contributed by atoms with Crippen molar-refractivity contribution in [3.8, 4) is 5.75 Å². The smallest absolute Gasteiger partial charge is 0.225 e. The van der Waals surface area contributed by atoms with Gasteiger partial charge >= 0.3 is 0 Å². The van der Waals surface area contributed by atoms with Crippen LogP contribution in [0.3, 0.4) is 0 Å². The van der Waals surface area contributed by atoms with Gasteiger partial charge in [0, 0.05) is 43.9 Å². The molecule has 0 N–H and O–H groups in total. The molecule has 1 amide bonds. The van der Waals surface area contributed by atoms with Gasteiger partial charge in [-0.3, -0.25) is 4.79 Å². The van der Waals surface area contributed by atoms with Crippen molar-refractivity contribution < 1.29 is 9.53 Å². The van der Waals surface area contributed by atoms with Crippen LogP contribution in [0.5, 0.6) is 5.75 Å². The molecule has 0 aromatic heterocycles. The fourth-order valence-electron chi connectivity index (χ4n) is 2.40. The molecule has 1 aromatic carbocycles. The molecule has 5 heteroatoms. The van der Waals surface area contributed by atoms with Gasteiger partial charge in [0.2, 0.25) is 5.91 Å². The van der Waals surface area contributed by atoms with Gasteiger partial charge in [0.15, 0.2) is 0 Å². The van der Waals surface area contributed by atoms with Crippen LogP contribution in [0.4, 0.5) is 5.69 Å². The Bertz CT molecular complexity index is 483. The number of amides is 1. The molecule has 1 saturated heterocycles. The van der Waals surface area contributed by atoms with Crippen LogP contribution in [0, 0.1) is 5.92 Å². The molecule has 1 aliphatic heterocycles. The number of benzene rings is 1. The number of anilines is 1. The molecule has 0 saturated carbocycles. The molecule has 1 heterocycles. The molecule has 0 unspecified atom stereocenters. The summed E-state index contributed by atoms with van der Waals surface area (Å²) in [5.41, 5.74) is 1.09. The van der Waals surface area contributed by atoms with Crippen LogP contribution in [0.15, 0.2) is 18.2 Å². The predicted molar refractivity (Wildman–Crippen MR) is 81.6 cm³/mol. The number of halogens is 1. The molecule has 0 aliphatic carbocycles. The lowest BCUT2D eigenvalue weighted by molar-refractivity contribution is -0.134. The van der Waals surface area contributed by atoms with E-state index in [1.165, 1.54) is 0 Å². The van der Waals surface area contributed by atoms with Gasteiger partial charge in [-0.05, 0) is 12.1 Å². The maximum atomic E-state index is 12.0. The topological polar surface area (TPSA) is 32.8 Å². The predicted octanol–water partition coefficient (Wildman–Crippen LogP) is 2.65. The summed E-state index contributed by atoms with van der Waals surface area (Å²) >= 11 is 6.04. The van der Waals surface area contributed by atoms with E-state index >= 15 is 0 Å². The van der Waals surface area contributed by atoms with E-state index in [1.807, 2.05) is 36.9 Å². The number of carbonyl (C=O) groups excluding carboxylic acids is 1. The second-order valence-electron chi connectivity index (χ2n) is 5.29. The molecular formula is C15H21ClN2O2. The van der Waals surface area contributed by atoms with E-state index in [1.54, 1.807) is 7.11 Å². The summed E-state index contributed by atoms with van der Waals surface area (Å²) in [5.74, 6) is 0.986. The van der Waals surface area contributed by atoms with E-state index in [4.69, 9.17) is 16.3 Å². The maximum Gasteiger partial charge on any atom is 0.225 e. The van der Waals surface area contributed by atoms with E-state index in [0.717, 1.165) is 31.9 Å². The molecular weight excluding hydrogens is 276 g/mol. The van der Waals surface area contributed by atoms with E-state index < -0.39 is 0 Å². The molecule has 2 rings (SSSR count). The summed E-state index contributed by atoms with van der Waals surface area (Å²) < 4.78 is 5.24. The highest BCUT2D eigenvalue weighted by Crippen LogP contribution is 2.29. The van der Waals surface area contributed by atoms with Crippen LogP contribution in [0.25, 0.3) is 0 Å². The molecule has 0 spiro atoms. The Labute approximate surface area is 125 Å². The average Bonchev–Trinajstić information content (AvgIpc) is 2.47. The number of hydrogen-bond donors (Lipinski definition) is 0. The number of piperazine rings is 1. The van der Waals surface area contributed by atoms with Gasteiger partial charge in [0.05, 0.1) is 12.1 Å². The second kappa shape index (κ2) is 6.35. The van der Waals surface area contributed by atoms with Crippen molar-refractivity contribution in [2.75, 3.05) is 38.2 Å². The van der Waals surface area contributed by atoms with Crippen LogP contribution in [-0.2, 0) is 4.79 Å². The molecule has 1 aromatic rings. The Hall–Kier alpha value is -1.42. The second-order valence-corrected chi connectivity index (χ2v) is 5.69. The number of ether oxygens (including phenoxy) is 1. The number of rotatable bonds is 3. The highest BCUT2D eigenvalue weighted by Gasteiger charge is 2.23. The number of methoxy groups -OCH3 is 1. The average molecular weight is 297 g/mol. The summed E-state index contributed by atoms with van der Waals surface area (Å²) in [4.78, 5) is 16.1. The van der Waals surface area contributed by atoms with Crippen molar-refractivity contribution in [2.45, 2.75) is 13.8 Å². The summed E-state index contributed by atoms with van der Waals surface area (Å²) in [7, 11) is 1.62. The van der Waals surface area contributed by atoms with Gasteiger partial charge in [-0.2, -0.15) is 0 Å². The highest BCUT2D eigenvalue weighted by molar-refractivity contribution is 6.32. The molecule has 4 nitrogen and oxygen atoms in total. The third kappa shape index (κ3) is 3.18. The number of hydrogen-bond acceptors (Lipinski definition) is 3. The first-order valence-corrected chi connectivity index (χ1v) is 7.28. The van der Waals surface area contributed by atoms with Crippen molar-refractivity contribution in [1.29, 1.82) is 0 Å². The van der Waals surface area contributed by atoms with E-state index in [2.05, 4.69) is 4.90 Å². The molecule has 1 aliphatic rings.